The fourth-order valence-electron chi connectivity index (χ4n) is 3.37. The molecule has 0 radical (unpaired) electrons. The number of benzene rings is 1. The minimum atomic E-state index is -0.352. The maximum atomic E-state index is 13.0. The molecule has 0 aliphatic carbocycles. The number of ether oxygens (including phenoxy) is 1. The smallest absolute Gasteiger partial charge is 0.254 e. The lowest BCUT2D eigenvalue weighted by Crippen LogP contribution is -2.42. The van der Waals surface area contributed by atoms with Crippen LogP contribution in [0.3, 0.4) is 0 Å². The summed E-state index contributed by atoms with van der Waals surface area (Å²) in [5, 5.41) is 2.89. The molecule has 0 bridgehead atoms. The summed E-state index contributed by atoms with van der Waals surface area (Å²) in [5.74, 6) is -0.636. The van der Waals surface area contributed by atoms with Gasteiger partial charge in [0.05, 0.1) is 6.10 Å². The first-order valence-corrected chi connectivity index (χ1v) is 9.79. The number of aryl methyl sites for hydroxylation is 2. The standard InChI is InChI=1S/C22H27N3O4/c1-15-6-4-8-19(16(15)2)23-20(26)14-25(13-18-7-5-11-29-18)22(28)17-9-10-24(3)21(27)12-17/h4,6,8-10,12,18H,5,7,11,13-14H2,1-3H3,(H,23,26). The van der Waals surface area contributed by atoms with E-state index in [-0.39, 0.29) is 35.6 Å². The van der Waals surface area contributed by atoms with E-state index in [2.05, 4.69) is 5.32 Å². The van der Waals surface area contributed by atoms with Gasteiger partial charge in [-0.15, -0.1) is 0 Å². The quantitative estimate of drug-likeness (QED) is 0.811. The molecule has 1 unspecified atom stereocenters. The second kappa shape index (κ2) is 9.05. The Kier molecular flexibility index (Phi) is 6.49. The van der Waals surface area contributed by atoms with Crippen molar-refractivity contribution in [1.29, 1.82) is 0 Å². The Bertz CT molecular complexity index is 961. The fourth-order valence-corrected chi connectivity index (χ4v) is 3.37. The molecule has 7 heteroatoms. The zero-order chi connectivity index (χ0) is 21.0. The molecule has 1 saturated heterocycles. The monoisotopic (exact) mass is 397 g/mol. The molecule has 1 N–H and O–H groups in total. The summed E-state index contributed by atoms with van der Waals surface area (Å²) < 4.78 is 7.05. The van der Waals surface area contributed by atoms with Crippen LogP contribution in [0.25, 0.3) is 0 Å². The Morgan fingerprint density at radius 1 is 1.28 bits per heavy atom. The maximum absolute atomic E-state index is 13.0. The van der Waals surface area contributed by atoms with Crippen LogP contribution >= 0.6 is 0 Å². The number of aromatic nitrogens is 1. The van der Waals surface area contributed by atoms with Gasteiger partial charge in [0, 0.05) is 43.7 Å². The number of carbonyl (C=O) groups is 2. The molecule has 1 fully saturated rings. The van der Waals surface area contributed by atoms with Gasteiger partial charge in [-0.3, -0.25) is 14.4 Å². The SMILES string of the molecule is Cc1cccc(NC(=O)CN(CC2CCCO2)C(=O)c2ccn(C)c(=O)c2)c1C. The van der Waals surface area contributed by atoms with Crippen LogP contribution in [0.15, 0.2) is 41.3 Å². The first-order valence-electron chi connectivity index (χ1n) is 9.79. The van der Waals surface area contributed by atoms with Gasteiger partial charge < -0.3 is 19.5 Å². The maximum Gasteiger partial charge on any atom is 0.254 e. The minimum absolute atomic E-state index is 0.0981. The zero-order valence-electron chi connectivity index (χ0n) is 17.1. The van der Waals surface area contributed by atoms with Gasteiger partial charge >= 0.3 is 0 Å². The molecule has 1 atom stereocenters. The van der Waals surface area contributed by atoms with E-state index in [4.69, 9.17) is 4.74 Å². The highest BCUT2D eigenvalue weighted by molar-refractivity contribution is 5.99. The van der Waals surface area contributed by atoms with Crippen molar-refractivity contribution in [3.8, 4) is 0 Å². The number of anilines is 1. The van der Waals surface area contributed by atoms with Crippen molar-refractivity contribution in [2.45, 2.75) is 32.8 Å². The minimum Gasteiger partial charge on any atom is -0.376 e. The number of carbonyl (C=O) groups excluding carboxylic acids is 2. The van der Waals surface area contributed by atoms with Crippen molar-refractivity contribution in [1.82, 2.24) is 9.47 Å². The Morgan fingerprint density at radius 2 is 2.07 bits per heavy atom. The fraction of sp³-hybridized carbons (Fsp3) is 0.409. The molecule has 1 aliphatic rings. The Morgan fingerprint density at radius 3 is 2.76 bits per heavy atom. The van der Waals surface area contributed by atoms with Gasteiger partial charge in [-0.2, -0.15) is 0 Å². The molecule has 29 heavy (non-hydrogen) atoms. The van der Waals surface area contributed by atoms with Gasteiger partial charge in [-0.25, -0.2) is 0 Å². The van der Waals surface area contributed by atoms with Crippen molar-refractivity contribution in [3.05, 3.63) is 63.6 Å². The molecular formula is C22H27N3O4. The van der Waals surface area contributed by atoms with Gasteiger partial charge in [-0.1, -0.05) is 12.1 Å². The first-order chi connectivity index (χ1) is 13.8. The number of pyridine rings is 1. The molecule has 0 spiro atoms. The van der Waals surface area contributed by atoms with Crippen molar-refractivity contribution in [2.24, 2.45) is 7.05 Å². The number of hydrogen-bond acceptors (Lipinski definition) is 4. The lowest BCUT2D eigenvalue weighted by Gasteiger charge is -2.25. The van der Waals surface area contributed by atoms with E-state index in [1.165, 1.54) is 15.5 Å². The molecule has 3 rings (SSSR count). The van der Waals surface area contributed by atoms with E-state index in [9.17, 15) is 14.4 Å². The highest BCUT2D eigenvalue weighted by atomic mass is 16.5. The van der Waals surface area contributed by atoms with Crippen LogP contribution in [0.2, 0.25) is 0 Å². The summed E-state index contributed by atoms with van der Waals surface area (Å²) in [6.45, 7) is 4.79. The third kappa shape index (κ3) is 5.12. The van der Waals surface area contributed by atoms with Crippen LogP contribution in [-0.4, -0.2) is 47.1 Å². The summed E-state index contributed by atoms with van der Waals surface area (Å²) in [4.78, 5) is 39.1. The number of hydrogen-bond donors (Lipinski definition) is 1. The third-order valence-corrected chi connectivity index (χ3v) is 5.30. The van der Waals surface area contributed by atoms with Crippen LogP contribution < -0.4 is 10.9 Å². The van der Waals surface area contributed by atoms with E-state index in [0.717, 1.165) is 29.7 Å². The van der Waals surface area contributed by atoms with E-state index < -0.39 is 0 Å². The van der Waals surface area contributed by atoms with Gasteiger partial charge in [0.1, 0.15) is 6.54 Å². The van der Waals surface area contributed by atoms with Crippen molar-refractivity contribution >= 4 is 17.5 Å². The summed E-state index contributed by atoms with van der Waals surface area (Å²) in [7, 11) is 1.62. The third-order valence-electron chi connectivity index (χ3n) is 5.30. The van der Waals surface area contributed by atoms with Crippen LogP contribution in [0, 0.1) is 13.8 Å². The average molecular weight is 397 g/mol. The molecule has 2 aromatic rings. The Labute approximate surface area is 170 Å². The Balaban J connectivity index is 1.77. The highest BCUT2D eigenvalue weighted by Gasteiger charge is 2.25. The molecule has 1 aromatic carbocycles. The summed E-state index contributed by atoms with van der Waals surface area (Å²) >= 11 is 0. The van der Waals surface area contributed by atoms with E-state index in [0.29, 0.717) is 13.2 Å². The topological polar surface area (TPSA) is 80.6 Å². The molecule has 1 aliphatic heterocycles. The Hall–Kier alpha value is -2.93. The number of rotatable bonds is 6. The molecular weight excluding hydrogens is 370 g/mol. The summed E-state index contributed by atoms with van der Waals surface area (Å²) in [5.41, 5.74) is 2.80. The van der Waals surface area contributed by atoms with Gasteiger partial charge in [-0.05, 0) is 49.9 Å². The second-order valence-electron chi connectivity index (χ2n) is 7.48. The second-order valence-corrected chi connectivity index (χ2v) is 7.48. The lowest BCUT2D eigenvalue weighted by molar-refractivity contribution is -0.117. The highest BCUT2D eigenvalue weighted by Crippen LogP contribution is 2.19. The molecule has 2 heterocycles. The van der Waals surface area contributed by atoms with E-state index in [1.54, 1.807) is 19.3 Å². The van der Waals surface area contributed by atoms with Gasteiger partial charge in [0.25, 0.3) is 11.5 Å². The van der Waals surface area contributed by atoms with Crippen LogP contribution in [0.1, 0.15) is 34.3 Å². The first kappa shape index (κ1) is 20.8. The van der Waals surface area contributed by atoms with Crippen LogP contribution in [-0.2, 0) is 16.6 Å². The number of nitrogens with one attached hydrogen (secondary N) is 1. The number of amides is 2. The largest absolute Gasteiger partial charge is 0.376 e. The molecule has 7 nitrogen and oxygen atoms in total. The molecule has 0 saturated carbocycles. The molecule has 154 valence electrons. The summed E-state index contributed by atoms with van der Waals surface area (Å²) in [6, 6.07) is 8.59. The van der Waals surface area contributed by atoms with Crippen molar-refractivity contribution in [2.75, 3.05) is 25.0 Å². The average Bonchev–Trinajstić information content (AvgIpc) is 3.19. The predicted molar refractivity (Wildman–Crippen MR) is 111 cm³/mol. The summed E-state index contributed by atoms with van der Waals surface area (Å²) in [6.07, 6.45) is 3.24. The van der Waals surface area contributed by atoms with E-state index >= 15 is 0 Å². The van der Waals surface area contributed by atoms with Gasteiger partial charge in [0.15, 0.2) is 0 Å². The van der Waals surface area contributed by atoms with Crippen LogP contribution in [0.4, 0.5) is 5.69 Å². The van der Waals surface area contributed by atoms with Crippen molar-refractivity contribution in [3.63, 3.8) is 0 Å². The number of nitrogens with zero attached hydrogens (tertiary/aromatic N) is 2. The van der Waals surface area contributed by atoms with E-state index in [1.807, 2.05) is 32.0 Å². The zero-order valence-corrected chi connectivity index (χ0v) is 17.1. The predicted octanol–water partition coefficient (Wildman–Crippen LogP) is 2.26. The molecule has 2 amide bonds. The lowest BCUT2D eigenvalue weighted by atomic mass is 10.1. The molecule has 1 aromatic heterocycles. The van der Waals surface area contributed by atoms with Gasteiger partial charge in [0.2, 0.25) is 5.91 Å². The normalized spacial score (nSPS) is 15.9. The van der Waals surface area contributed by atoms with Crippen molar-refractivity contribution < 1.29 is 14.3 Å². The van der Waals surface area contributed by atoms with Crippen LogP contribution in [0.5, 0.6) is 0 Å².